The summed E-state index contributed by atoms with van der Waals surface area (Å²) in [7, 11) is 0. The third kappa shape index (κ3) is 3.84. The number of piperidine rings is 1. The second kappa shape index (κ2) is 7.01. The minimum Gasteiger partial charge on any atom is -0.449 e. The van der Waals surface area contributed by atoms with E-state index < -0.39 is 5.60 Å². The first-order chi connectivity index (χ1) is 12.6. The molecule has 7 nitrogen and oxygen atoms in total. The van der Waals surface area contributed by atoms with Crippen LogP contribution in [0, 0.1) is 6.92 Å². The lowest BCUT2D eigenvalue weighted by Crippen LogP contribution is -2.49. The average Bonchev–Trinajstić information content (AvgIpc) is 3.24. The standard InChI is InChI=1S/C19H22N4O3/c1-14-20-16(12-25-14)18-21-17(26-22-18)10-19(24)8-5-9-23(13-19)11-15-6-3-2-4-7-15/h2-4,6-7,12,24H,5,8-11,13H2,1H3. The summed E-state index contributed by atoms with van der Waals surface area (Å²) in [5.74, 6) is 1.36. The minimum atomic E-state index is -0.865. The van der Waals surface area contributed by atoms with E-state index in [1.807, 2.05) is 18.2 Å². The first-order valence-corrected chi connectivity index (χ1v) is 8.83. The van der Waals surface area contributed by atoms with Crippen LogP contribution in [-0.4, -0.2) is 43.8 Å². The second-order valence-electron chi connectivity index (χ2n) is 6.96. The summed E-state index contributed by atoms with van der Waals surface area (Å²) in [5.41, 5.74) is 0.924. The molecule has 4 rings (SSSR count). The molecule has 136 valence electrons. The Balaban J connectivity index is 1.42. The van der Waals surface area contributed by atoms with Gasteiger partial charge >= 0.3 is 0 Å². The molecule has 1 aromatic carbocycles. The van der Waals surface area contributed by atoms with Crippen LogP contribution in [0.2, 0.25) is 0 Å². The van der Waals surface area contributed by atoms with Gasteiger partial charge in [0.05, 0.1) is 12.0 Å². The van der Waals surface area contributed by atoms with Crippen molar-refractivity contribution in [1.82, 2.24) is 20.0 Å². The molecule has 0 radical (unpaired) electrons. The Bertz CT molecular complexity index is 861. The molecule has 0 aliphatic carbocycles. The molecule has 1 saturated heterocycles. The SMILES string of the molecule is Cc1nc(-c2noc(CC3(O)CCCN(Cc4ccccc4)C3)n2)co1. The number of benzene rings is 1. The van der Waals surface area contributed by atoms with Gasteiger partial charge in [0.25, 0.3) is 0 Å². The van der Waals surface area contributed by atoms with Gasteiger partial charge < -0.3 is 14.0 Å². The lowest BCUT2D eigenvalue weighted by molar-refractivity contribution is -0.0373. The van der Waals surface area contributed by atoms with Gasteiger partial charge in [0.2, 0.25) is 11.7 Å². The zero-order valence-corrected chi connectivity index (χ0v) is 14.8. The normalized spacial score (nSPS) is 21.2. The minimum absolute atomic E-state index is 0.335. The number of hydrogen-bond donors (Lipinski definition) is 1. The van der Waals surface area contributed by atoms with E-state index in [-0.39, 0.29) is 0 Å². The summed E-state index contributed by atoms with van der Waals surface area (Å²) < 4.78 is 10.5. The third-order valence-electron chi connectivity index (χ3n) is 4.68. The van der Waals surface area contributed by atoms with Gasteiger partial charge in [0.15, 0.2) is 5.89 Å². The summed E-state index contributed by atoms with van der Waals surface area (Å²) in [4.78, 5) is 10.8. The van der Waals surface area contributed by atoms with Crippen molar-refractivity contribution in [1.29, 1.82) is 0 Å². The van der Waals surface area contributed by atoms with Crippen LogP contribution in [0.5, 0.6) is 0 Å². The molecule has 1 unspecified atom stereocenters. The number of rotatable bonds is 5. The van der Waals surface area contributed by atoms with Crippen molar-refractivity contribution in [3.05, 3.63) is 53.9 Å². The van der Waals surface area contributed by atoms with Crippen molar-refractivity contribution < 1.29 is 14.0 Å². The zero-order valence-electron chi connectivity index (χ0n) is 14.8. The van der Waals surface area contributed by atoms with Crippen LogP contribution in [0.25, 0.3) is 11.5 Å². The molecule has 1 aliphatic heterocycles. The van der Waals surface area contributed by atoms with E-state index in [2.05, 4.69) is 32.2 Å². The molecule has 7 heteroatoms. The van der Waals surface area contributed by atoms with Crippen molar-refractivity contribution in [2.24, 2.45) is 0 Å². The highest BCUT2D eigenvalue weighted by Gasteiger charge is 2.35. The maximum absolute atomic E-state index is 11.1. The number of oxazole rings is 1. The number of nitrogens with zero attached hydrogens (tertiary/aromatic N) is 4. The molecular weight excluding hydrogens is 332 g/mol. The number of hydrogen-bond acceptors (Lipinski definition) is 7. The number of aliphatic hydroxyl groups is 1. The van der Waals surface area contributed by atoms with Crippen LogP contribution in [0.3, 0.4) is 0 Å². The fourth-order valence-corrected chi connectivity index (χ4v) is 3.51. The van der Waals surface area contributed by atoms with E-state index in [4.69, 9.17) is 8.94 Å². The van der Waals surface area contributed by atoms with E-state index in [1.54, 1.807) is 6.92 Å². The van der Waals surface area contributed by atoms with E-state index in [0.717, 1.165) is 25.9 Å². The third-order valence-corrected chi connectivity index (χ3v) is 4.68. The molecule has 1 atom stereocenters. The van der Waals surface area contributed by atoms with Gasteiger partial charge in [-0.3, -0.25) is 4.90 Å². The number of aryl methyl sites for hydroxylation is 1. The predicted octanol–water partition coefficient (Wildman–Crippen LogP) is 2.60. The molecule has 3 heterocycles. The Morgan fingerprint density at radius 2 is 2.08 bits per heavy atom. The Kier molecular flexibility index (Phi) is 4.57. The van der Waals surface area contributed by atoms with Crippen LogP contribution < -0.4 is 0 Å². The Labute approximate surface area is 151 Å². The Morgan fingerprint density at radius 3 is 2.85 bits per heavy atom. The Hall–Kier alpha value is -2.51. The number of aromatic nitrogens is 3. The molecule has 0 amide bonds. The molecule has 1 aliphatic rings. The monoisotopic (exact) mass is 354 g/mol. The highest BCUT2D eigenvalue weighted by Crippen LogP contribution is 2.26. The van der Waals surface area contributed by atoms with Crippen molar-refractivity contribution in [3.63, 3.8) is 0 Å². The molecule has 1 fully saturated rings. The molecular formula is C19H22N4O3. The largest absolute Gasteiger partial charge is 0.449 e. The highest BCUT2D eigenvalue weighted by molar-refractivity contribution is 5.45. The van der Waals surface area contributed by atoms with Crippen molar-refractivity contribution >= 4 is 0 Å². The van der Waals surface area contributed by atoms with Gasteiger partial charge in [-0.1, -0.05) is 35.5 Å². The fourth-order valence-electron chi connectivity index (χ4n) is 3.51. The molecule has 0 saturated carbocycles. The number of likely N-dealkylation sites (tertiary alicyclic amines) is 1. The van der Waals surface area contributed by atoms with Crippen molar-refractivity contribution in [3.8, 4) is 11.5 Å². The summed E-state index contributed by atoms with van der Waals surface area (Å²) in [5, 5.41) is 15.0. The summed E-state index contributed by atoms with van der Waals surface area (Å²) >= 11 is 0. The summed E-state index contributed by atoms with van der Waals surface area (Å²) in [6.07, 6.45) is 3.49. The summed E-state index contributed by atoms with van der Waals surface area (Å²) in [6, 6.07) is 10.3. The predicted molar refractivity (Wildman–Crippen MR) is 94.1 cm³/mol. The topological polar surface area (TPSA) is 88.4 Å². The summed E-state index contributed by atoms with van der Waals surface area (Å²) in [6.45, 7) is 4.15. The maximum Gasteiger partial charge on any atom is 0.229 e. The lowest BCUT2D eigenvalue weighted by Gasteiger charge is -2.38. The van der Waals surface area contributed by atoms with Crippen LogP contribution in [0.1, 0.15) is 30.2 Å². The van der Waals surface area contributed by atoms with E-state index >= 15 is 0 Å². The van der Waals surface area contributed by atoms with Gasteiger partial charge in [-0.25, -0.2) is 4.98 Å². The first kappa shape index (κ1) is 16.9. The van der Waals surface area contributed by atoms with Crippen molar-refractivity contribution in [2.75, 3.05) is 13.1 Å². The van der Waals surface area contributed by atoms with Gasteiger partial charge in [0.1, 0.15) is 12.0 Å². The van der Waals surface area contributed by atoms with Crippen LogP contribution in [0.15, 0.2) is 45.5 Å². The van der Waals surface area contributed by atoms with Crippen molar-refractivity contribution in [2.45, 2.75) is 38.3 Å². The molecule has 0 spiro atoms. The quantitative estimate of drug-likeness (QED) is 0.753. The average molecular weight is 354 g/mol. The zero-order chi connectivity index (χ0) is 18.0. The van der Waals surface area contributed by atoms with Gasteiger partial charge in [-0.15, -0.1) is 0 Å². The van der Waals surface area contributed by atoms with E-state index in [1.165, 1.54) is 11.8 Å². The van der Waals surface area contributed by atoms with Gasteiger partial charge in [0, 0.05) is 20.0 Å². The fraction of sp³-hybridized carbons (Fsp3) is 0.421. The highest BCUT2D eigenvalue weighted by atomic mass is 16.5. The van der Waals surface area contributed by atoms with E-state index in [9.17, 15) is 5.11 Å². The maximum atomic E-state index is 11.1. The Morgan fingerprint density at radius 1 is 1.23 bits per heavy atom. The molecule has 1 N–H and O–H groups in total. The molecule has 3 aromatic rings. The molecule has 2 aromatic heterocycles. The molecule has 0 bridgehead atoms. The smallest absolute Gasteiger partial charge is 0.229 e. The van der Waals surface area contributed by atoms with Crippen LogP contribution >= 0.6 is 0 Å². The van der Waals surface area contributed by atoms with Crippen LogP contribution in [-0.2, 0) is 13.0 Å². The first-order valence-electron chi connectivity index (χ1n) is 8.83. The second-order valence-corrected chi connectivity index (χ2v) is 6.96. The van der Waals surface area contributed by atoms with Gasteiger partial charge in [-0.05, 0) is 24.9 Å². The lowest BCUT2D eigenvalue weighted by atomic mass is 9.89. The van der Waals surface area contributed by atoms with Crippen LogP contribution in [0.4, 0.5) is 0 Å². The van der Waals surface area contributed by atoms with E-state index in [0.29, 0.717) is 36.3 Å². The molecule has 26 heavy (non-hydrogen) atoms. The number of β-amino-alcohol motifs (C(OH)–C–C–N with tert-alkyl or cyclic N) is 1. The van der Waals surface area contributed by atoms with Gasteiger partial charge in [-0.2, -0.15) is 4.98 Å².